The van der Waals surface area contributed by atoms with Crippen LogP contribution in [0.2, 0.25) is 0 Å². The molecule has 4 rings (SSSR count). The Hall–Kier alpha value is -3.76. The number of nitrogens with two attached hydrogens (primary N) is 1. The molecule has 34 heavy (non-hydrogen) atoms. The Morgan fingerprint density at radius 2 is 1.85 bits per heavy atom. The maximum Gasteiger partial charge on any atom is 0.207 e. The van der Waals surface area contributed by atoms with E-state index >= 15 is 0 Å². The molecule has 0 saturated heterocycles. The summed E-state index contributed by atoms with van der Waals surface area (Å²) < 4.78 is 25.0. The first-order valence-corrected chi connectivity index (χ1v) is 10.8. The number of aliphatic hydroxyl groups excluding tert-OH is 2. The molecule has 1 saturated carbocycles. The van der Waals surface area contributed by atoms with Crippen LogP contribution in [0.25, 0.3) is 0 Å². The van der Waals surface area contributed by atoms with Crippen molar-refractivity contribution in [2.24, 2.45) is 0 Å². The lowest BCUT2D eigenvalue weighted by Gasteiger charge is -2.33. The van der Waals surface area contributed by atoms with E-state index in [0.29, 0.717) is 30.0 Å². The Bertz CT molecular complexity index is 1170. The molecular weight excluding hydrogens is 441 g/mol. The van der Waals surface area contributed by atoms with Gasteiger partial charge < -0.3 is 30.7 Å². The summed E-state index contributed by atoms with van der Waals surface area (Å²) in [4.78, 5) is 8.23. The molecule has 1 aromatic heterocycles. The Balaban J connectivity index is 1.55. The number of rotatable bonds is 7. The maximum absolute atomic E-state index is 14.4. The van der Waals surface area contributed by atoms with E-state index in [4.69, 9.17) is 20.6 Å². The molecule has 1 aliphatic carbocycles. The highest BCUT2D eigenvalue weighted by atomic mass is 19.1. The van der Waals surface area contributed by atoms with Gasteiger partial charge in [-0.3, -0.25) is 5.41 Å². The van der Waals surface area contributed by atoms with E-state index in [1.54, 1.807) is 30.3 Å². The van der Waals surface area contributed by atoms with Crippen molar-refractivity contribution in [3.63, 3.8) is 0 Å². The molecule has 3 aromatic rings. The average Bonchev–Trinajstić information content (AvgIpc) is 2.83. The number of methoxy groups -OCH3 is 1. The first kappa shape index (κ1) is 23.4. The smallest absolute Gasteiger partial charge is 0.207 e. The Morgan fingerprint density at radius 1 is 1.12 bits per heavy atom. The molecule has 10 heteroatoms. The van der Waals surface area contributed by atoms with Crippen LogP contribution in [0.3, 0.4) is 0 Å². The zero-order valence-corrected chi connectivity index (χ0v) is 18.5. The predicted octanol–water partition coefficient (Wildman–Crippen LogP) is 3.10. The largest absolute Gasteiger partial charge is 0.494 e. The molecule has 0 bridgehead atoms. The van der Waals surface area contributed by atoms with Crippen LogP contribution in [0.5, 0.6) is 17.2 Å². The summed E-state index contributed by atoms with van der Waals surface area (Å²) in [5, 5.41) is 32.1. The fraction of sp³-hybridized carbons (Fsp3) is 0.292. The number of benzene rings is 2. The van der Waals surface area contributed by atoms with Gasteiger partial charge in [0.05, 0.1) is 36.6 Å². The summed E-state index contributed by atoms with van der Waals surface area (Å²) >= 11 is 0. The normalized spacial score (nSPS) is 19.9. The summed E-state index contributed by atoms with van der Waals surface area (Å²) in [5.74, 6) is 0.260. The van der Waals surface area contributed by atoms with Gasteiger partial charge in [0, 0.05) is 5.56 Å². The molecule has 1 aliphatic rings. The lowest BCUT2D eigenvalue weighted by Crippen LogP contribution is -2.45. The van der Waals surface area contributed by atoms with Crippen molar-refractivity contribution in [2.75, 3.05) is 18.2 Å². The van der Waals surface area contributed by atoms with Gasteiger partial charge in [0.15, 0.2) is 11.5 Å². The number of anilines is 2. The van der Waals surface area contributed by atoms with E-state index in [-0.39, 0.29) is 28.6 Å². The Kier molecular flexibility index (Phi) is 6.90. The van der Waals surface area contributed by atoms with Crippen molar-refractivity contribution in [2.45, 2.75) is 37.5 Å². The van der Waals surface area contributed by atoms with Crippen molar-refractivity contribution in [3.8, 4) is 17.2 Å². The van der Waals surface area contributed by atoms with Crippen LogP contribution in [-0.2, 0) is 0 Å². The summed E-state index contributed by atoms with van der Waals surface area (Å²) in [7, 11) is 1.38. The number of hydrogen-bond acceptors (Lipinski definition) is 9. The predicted molar refractivity (Wildman–Crippen MR) is 125 cm³/mol. The number of nitrogens with zero attached hydrogens (tertiary/aromatic N) is 2. The lowest BCUT2D eigenvalue weighted by molar-refractivity contribution is -0.0161. The SMILES string of the molecule is COc1cccc(Oc2ccc(C(=N)c3c(N)ncnc3NC3CCCC(O)C3O)cc2)c1F. The molecule has 9 nitrogen and oxygen atoms in total. The van der Waals surface area contributed by atoms with E-state index in [0.717, 1.165) is 6.42 Å². The van der Waals surface area contributed by atoms with Gasteiger partial charge in [-0.15, -0.1) is 0 Å². The number of hydrogen-bond donors (Lipinski definition) is 5. The monoisotopic (exact) mass is 467 g/mol. The van der Waals surface area contributed by atoms with Gasteiger partial charge in [0.1, 0.15) is 23.7 Å². The van der Waals surface area contributed by atoms with E-state index in [2.05, 4.69) is 15.3 Å². The minimum atomic E-state index is -0.958. The fourth-order valence-corrected chi connectivity index (χ4v) is 3.93. The van der Waals surface area contributed by atoms with E-state index in [1.165, 1.54) is 25.6 Å². The van der Waals surface area contributed by atoms with E-state index in [9.17, 15) is 14.6 Å². The van der Waals surface area contributed by atoms with Gasteiger partial charge in [-0.2, -0.15) is 4.39 Å². The standard InChI is InChI=1S/C24H26FN5O4/c1-33-17-6-3-7-18(20(17)25)34-14-10-8-13(9-11-14)21(26)19-23(27)28-12-29-24(19)30-15-4-2-5-16(31)22(15)32/h3,6-12,15-16,22,26,31-32H,2,4-5H2,1H3,(H3,27,28,29,30). The Morgan fingerprint density at radius 3 is 2.59 bits per heavy atom. The fourth-order valence-electron chi connectivity index (χ4n) is 3.93. The summed E-state index contributed by atoms with van der Waals surface area (Å²) in [5.41, 5.74) is 6.93. The average molecular weight is 468 g/mol. The van der Waals surface area contributed by atoms with Gasteiger partial charge >= 0.3 is 0 Å². The molecule has 3 atom stereocenters. The quantitative estimate of drug-likeness (QED) is 0.333. The lowest BCUT2D eigenvalue weighted by atomic mass is 9.90. The third kappa shape index (κ3) is 4.78. The molecule has 178 valence electrons. The minimum Gasteiger partial charge on any atom is -0.494 e. The summed E-state index contributed by atoms with van der Waals surface area (Å²) in [6, 6.07) is 10.7. The van der Waals surface area contributed by atoms with Gasteiger partial charge in [-0.25, -0.2) is 9.97 Å². The van der Waals surface area contributed by atoms with Crippen LogP contribution in [-0.4, -0.2) is 51.3 Å². The zero-order valence-electron chi connectivity index (χ0n) is 18.5. The Labute approximate surface area is 195 Å². The van der Waals surface area contributed by atoms with E-state index in [1.807, 2.05) is 0 Å². The molecule has 1 heterocycles. The third-order valence-electron chi connectivity index (χ3n) is 5.79. The molecule has 6 N–H and O–H groups in total. The number of aliphatic hydroxyl groups is 2. The highest BCUT2D eigenvalue weighted by molar-refractivity contribution is 6.16. The highest BCUT2D eigenvalue weighted by Crippen LogP contribution is 2.31. The molecule has 0 spiro atoms. The number of nitrogen functional groups attached to an aromatic ring is 1. The van der Waals surface area contributed by atoms with Crippen LogP contribution < -0.4 is 20.5 Å². The second kappa shape index (κ2) is 10.0. The number of ether oxygens (including phenoxy) is 2. The molecular formula is C24H26FN5O4. The zero-order chi connectivity index (χ0) is 24.2. The molecule has 3 unspecified atom stereocenters. The first-order valence-electron chi connectivity index (χ1n) is 10.8. The van der Waals surface area contributed by atoms with Crippen LogP contribution in [0.4, 0.5) is 16.0 Å². The van der Waals surface area contributed by atoms with Gasteiger partial charge in [0.25, 0.3) is 0 Å². The minimum absolute atomic E-state index is 0.0163. The second-order valence-corrected chi connectivity index (χ2v) is 8.00. The maximum atomic E-state index is 14.4. The molecule has 1 fully saturated rings. The topological polar surface area (TPSA) is 147 Å². The van der Waals surface area contributed by atoms with Gasteiger partial charge in [-0.1, -0.05) is 6.07 Å². The van der Waals surface area contributed by atoms with E-state index < -0.39 is 24.1 Å². The van der Waals surface area contributed by atoms with Crippen LogP contribution >= 0.6 is 0 Å². The van der Waals surface area contributed by atoms with Crippen LogP contribution in [0.1, 0.15) is 30.4 Å². The molecule has 0 radical (unpaired) electrons. The van der Waals surface area contributed by atoms with Crippen molar-refractivity contribution in [1.29, 1.82) is 5.41 Å². The van der Waals surface area contributed by atoms with Crippen LogP contribution in [0.15, 0.2) is 48.8 Å². The third-order valence-corrected chi connectivity index (χ3v) is 5.79. The molecule has 0 amide bonds. The van der Waals surface area contributed by atoms with Crippen molar-refractivity contribution in [3.05, 3.63) is 65.7 Å². The number of aromatic nitrogens is 2. The van der Waals surface area contributed by atoms with Crippen LogP contribution in [0, 0.1) is 11.2 Å². The number of halogens is 1. The van der Waals surface area contributed by atoms with Crippen molar-refractivity contribution < 1.29 is 24.1 Å². The second-order valence-electron chi connectivity index (χ2n) is 8.00. The summed E-state index contributed by atoms with van der Waals surface area (Å²) in [6.45, 7) is 0. The molecule has 0 aliphatic heterocycles. The van der Waals surface area contributed by atoms with Crippen molar-refractivity contribution >= 4 is 17.3 Å². The highest BCUT2D eigenvalue weighted by Gasteiger charge is 2.31. The van der Waals surface area contributed by atoms with Gasteiger partial charge in [-0.05, 0) is 55.7 Å². The molecule has 2 aromatic carbocycles. The van der Waals surface area contributed by atoms with Crippen molar-refractivity contribution in [1.82, 2.24) is 9.97 Å². The number of nitrogens with one attached hydrogen (secondary N) is 2. The van der Waals surface area contributed by atoms with Gasteiger partial charge in [0.2, 0.25) is 5.82 Å². The summed E-state index contributed by atoms with van der Waals surface area (Å²) in [6.07, 6.45) is 1.41. The first-order chi connectivity index (χ1) is 16.4.